The van der Waals surface area contributed by atoms with Crippen molar-refractivity contribution in [1.82, 2.24) is 24.7 Å². The molecule has 0 bridgehead atoms. The molecular weight excluding hydrogens is 226 g/mol. The normalized spacial score (nSPS) is 10.7. The van der Waals surface area contributed by atoms with Gasteiger partial charge in [0.05, 0.1) is 24.1 Å². The molecule has 0 aromatic carbocycles. The highest BCUT2D eigenvalue weighted by Gasteiger charge is 2.09. The molecule has 0 atom stereocenters. The standard InChI is InChI=1S/C10H12ClN5/c1-3-9-14-15-10(11)16(9)6-8-5-12-7(2)4-13-8/h4-5H,3,6H2,1-2H3. The minimum absolute atomic E-state index is 0.388. The van der Waals surface area contributed by atoms with Crippen LogP contribution in [-0.4, -0.2) is 24.7 Å². The molecule has 16 heavy (non-hydrogen) atoms. The average Bonchev–Trinajstić information content (AvgIpc) is 2.63. The maximum atomic E-state index is 5.95. The van der Waals surface area contributed by atoms with Gasteiger partial charge in [-0.25, -0.2) is 0 Å². The SMILES string of the molecule is CCc1nnc(Cl)n1Cc1cnc(C)cn1. The zero-order chi connectivity index (χ0) is 11.5. The Hall–Kier alpha value is -1.49. The fourth-order valence-electron chi connectivity index (χ4n) is 1.39. The smallest absolute Gasteiger partial charge is 0.225 e. The molecule has 0 unspecified atom stereocenters. The van der Waals surface area contributed by atoms with Crippen molar-refractivity contribution in [3.63, 3.8) is 0 Å². The Labute approximate surface area is 98.5 Å². The average molecular weight is 238 g/mol. The molecule has 2 rings (SSSR count). The van der Waals surface area contributed by atoms with Crippen molar-refractivity contribution in [3.05, 3.63) is 34.9 Å². The van der Waals surface area contributed by atoms with E-state index in [1.165, 1.54) is 0 Å². The minimum atomic E-state index is 0.388. The van der Waals surface area contributed by atoms with Crippen molar-refractivity contribution >= 4 is 11.6 Å². The number of hydrogen-bond donors (Lipinski definition) is 0. The Kier molecular flexibility index (Phi) is 3.14. The van der Waals surface area contributed by atoms with Crippen molar-refractivity contribution in [2.45, 2.75) is 26.8 Å². The van der Waals surface area contributed by atoms with E-state index in [9.17, 15) is 0 Å². The first-order valence-corrected chi connectivity index (χ1v) is 5.43. The van der Waals surface area contributed by atoms with Crippen LogP contribution in [0.25, 0.3) is 0 Å². The zero-order valence-corrected chi connectivity index (χ0v) is 9.94. The molecule has 0 radical (unpaired) electrons. The first-order chi connectivity index (χ1) is 7.70. The van der Waals surface area contributed by atoms with Gasteiger partial charge in [0.15, 0.2) is 0 Å². The van der Waals surface area contributed by atoms with Gasteiger partial charge in [-0.2, -0.15) is 0 Å². The topological polar surface area (TPSA) is 56.5 Å². The molecule has 0 N–H and O–H groups in total. The van der Waals surface area contributed by atoms with Crippen LogP contribution in [0, 0.1) is 6.92 Å². The predicted molar refractivity (Wildman–Crippen MR) is 60.3 cm³/mol. The largest absolute Gasteiger partial charge is 0.296 e. The Morgan fingerprint density at radius 3 is 2.69 bits per heavy atom. The third kappa shape index (κ3) is 2.19. The lowest BCUT2D eigenvalue weighted by Crippen LogP contribution is -2.06. The van der Waals surface area contributed by atoms with Gasteiger partial charge in [-0.1, -0.05) is 6.92 Å². The van der Waals surface area contributed by atoms with Gasteiger partial charge in [0.1, 0.15) is 5.82 Å². The van der Waals surface area contributed by atoms with Crippen molar-refractivity contribution in [3.8, 4) is 0 Å². The molecular formula is C10H12ClN5. The highest BCUT2D eigenvalue weighted by molar-refractivity contribution is 6.28. The van der Waals surface area contributed by atoms with Crippen LogP contribution in [0.2, 0.25) is 5.28 Å². The lowest BCUT2D eigenvalue weighted by molar-refractivity contribution is 0.712. The molecule has 5 nitrogen and oxygen atoms in total. The van der Waals surface area contributed by atoms with Gasteiger partial charge in [-0.05, 0) is 18.5 Å². The minimum Gasteiger partial charge on any atom is -0.296 e. The Bertz CT molecular complexity index is 476. The zero-order valence-electron chi connectivity index (χ0n) is 9.18. The van der Waals surface area contributed by atoms with Gasteiger partial charge in [0, 0.05) is 12.6 Å². The summed E-state index contributed by atoms with van der Waals surface area (Å²) in [5, 5.41) is 8.20. The van der Waals surface area contributed by atoms with Crippen molar-refractivity contribution in [2.75, 3.05) is 0 Å². The third-order valence-corrected chi connectivity index (χ3v) is 2.53. The molecule has 0 saturated heterocycles. The van der Waals surface area contributed by atoms with E-state index in [0.29, 0.717) is 11.8 Å². The number of aryl methyl sites for hydroxylation is 2. The molecule has 0 amide bonds. The van der Waals surface area contributed by atoms with E-state index in [4.69, 9.17) is 11.6 Å². The van der Waals surface area contributed by atoms with Crippen LogP contribution in [-0.2, 0) is 13.0 Å². The number of hydrogen-bond acceptors (Lipinski definition) is 4. The van der Waals surface area contributed by atoms with Crippen LogP contribution in [0.4, 0.5) is 0 Å². The summed E-state index contributed by atoms with van der Waals surface area (Å²) < 4.78 is 1.83. The summed E-state index contributed by atoms with van der Waals surface area (Å²) in [6, 6.07) is 0. The molecule has 6 heteroatoms. The van der Waals surface area contributed by atoms with Crippen molar-refractivity contribution in [2.24, 2.45) is 0 Å². The first-order valence-electron chi connectivity index (χ1n) is 5.05. The quantitative estimate of drug-likeness (QED) is 0.815. The number of nitrogens with zero attached hydrogens (tertiary/aromatic N) is 5. The van der Waals surface area contributed by atoms with Crippen LogP contribution in [0.15, 0.2) is 12.4 Å². The van der Waals surface area contributed by atoms with Crippen molar-refractivity contribution in [1.29, 1.82) is 0 Å². The monoisotopic (exact) mass is 237 g/mol. The number of halogens is 1. The van der Waals surface area contributed by atoms with Crippen LogP contribution in [0.5, 0.6) is 0 Å². The van der Waals surface area contributed by atoms with E-state index in [1.807, 2.05) is 18.4 Å². The van der Waals surface area contributed by atoms with Gasteiger partial charge in [-0.15, -0.1) is 10.2 Å². The van der Waals surface area contributed by atoms with E-state index in [-0.39, 0.29) is 0 Å². The first kappa shape index (κ1) is 11.0. The number of rotatable bonds is 3. The fourth-order valence-corrected chi connectivity index (χ4v) is 1.59. The van der Waals surface area contributed by atoms with Gasteiger partial charge in [-0.3, -0.25) is 14.5 Å². The molecule has 0 saturated carbocycles. The number of aromatic nitrogens is 5. The molecule has 2 aromatic rings. The van der Waals surface area contributed by atoms with Crippen LogP contribution < -0.4 is 0 Å². The lowest BCUT2D eigenvalue weighted by atomic mass is 10.4. The Morgan fingerprint density at radius 2 is 2.06 bits per heavy atom. The molecule has 0 aliphatic rings. The molecule has 0 aliphatic heterocycles. The fraction of sp³-hybridized carbons (Fsp3) is 0.400. The van der Waals surface area contributed by atoms with Gasteiger partial charge < -0.3 is 0 Å². The molecule has 2 heterocycles. The van der Waals surface area contributed by atoms with Gasteiger partial charge in [0.25, 0.3) is 0 Å². The highest BCUT2D eigenvalue weighted by atomic mass is 35.5. The Balaban J connectivity index is 2.26. The van der Waals surface area contributed by atoms with E-state index >= 15 is 0 Å². The second kappa shape index (κ2) is 4.57. The third-order valence-electron chi connectivity index (χ3n) is 2.25. The van der Waals surface area contributed by atoms with Crippen LogP contribution >= 0.6 is 11.6 Å². The second-order valence-corrected chi connectivity index (χ2v) is 3.81. The summed E-state index contributed by atoms with van der Waals surface area (Å²) in [6.45, 7) is 4.47. The second-order valence-electron chi connectivity index (χ2n) is 3.47. The van der Waals surface area contributed by atoms with Crippen molar-refractivity contribution < 1.29 is 0 Å². The molecule has 0 fully saturated rings. The van der Waals surface area contributed by atoms with Gasteiger partial charge >= 0.3 is 0 Å². The summed E-state index contributed by atoms with van der Waals surface area (Å²) in [4.78, 5) is 8.46. The summed E-state index contributed by atoms with van der Waals surface area (Å²) >= 11 is 5.95. The highest BCUT2D eigenvalue weighted by Crippen LogP contribution is 2.10. The summed E-state index contributed by atoms with van der Waals surface area (Å²) in [6.07, 6.45) is 4.27. The van der Waals surface area contributed by atoms with E-state index < -0.39 is 0 Å². The van der Waals surface area contributed by atoms with E-state index in [0.717, 1.165) is 23.6 Å². The molecule has 2 aromatic heterocycles. The van der Waals surface area contributed by atoms with Gasteiger partial charge in [0.2, 0.25) is 5.28 Å². The molecule has 0 aliphatic carbocycles. The Morgan fingerprint density at radius 1 is 1.25 bits per heavy atom. The maximum Gasteiger partial charge on any atom is 0.225 e. The molecule has 84 valence electrons. The summed E-state index contributed by atoms with van der Waals surface area (Å²) in [5.41, 5.74) is 1.75. The summed E-state index contributed by atoms with van der Waals surface area (Å²) in [7, 11) is 0. The lowest BCUT2D eigenvalue weighted by Gasteiger charge is -2.05. The summed E-state index contributed by atoms with van der Waals surface area (Å²) in [5.74, 6) is 0.854. The van der Waals surface area contributed by atoms with E-state index in [1.54, 1.807) is 12.4 Å². The maximum absolute atomic E-state index is 5.95. The predicted octanol–water partition coefficient (Wildman–Crippen LogP) is 1.64. The molecule has 0 spiro atoms. The van der Waals surface area contributed by atoms with Crippen LogP contribution in [0.3, 0.4) is 0 Å². The van der Waals surface area contributed by atoms with E-state index in [2.05, 4.69) is 20.2 Å². The van der Waals surface area contributed by atoms with Crippen LogP contribution in [0.1, 0.15) is 24.1 Å².